The van der Waals surface area contributed by atoms with Gasteiger partial charge in [-0.2, -0.15) is 0 Å². The number of aryl methyl sites for hydroxylation is 1. The lowest BCUT2D eigenvalue weighted by molar-refractivity contribution is -0.123. The predicted octanol–water partition coefficient (Wildman–Crippen LogP) is 1.75. The van der Waals surface area contributed by atoms with E-state index < -0.39 is 0 Å². The Hall–Kier alpha value is -2.67. The lowest BCUT2D eigenvalue weighted by Crippen LogP contribution is -2.47. The highest BCUT2D eigenvalue weighted by atomic mass is 16.5. The smallest absolute Gasteiger partial charge is 0.257 e. The van der Waals surface area contributed by atoms with E-state index in [1.807, 2.05) is 30.3 Å². The van der Waals surface area contributed by atoms with Crippen molar-refractivity contribution >= 4 is 11.9 Å². The second-order valence-corrected chi connectivity index (χ2v) is 6.83. The maximum atomic E-state index is 12.0. The molecule has 2 aromatic rings. The van der Waals surface area contributed by atoms with E-state index in [2.05, 4.69) is 32.0 Å². The topological polar surface area (TPSA) is 70.6 Å². The molecule has 0 radical (unpaired) electrons. The van der Waals surface area contributed by atoms with Gasteiger partial charge in [-0.15, -0.1) is 0 Å². The van der Waals surface area contributed by atoms with E-state index in [0.29, 0.717) is 6.54 Å². The van der Waals surface area contributed by atoms with Crippen molar-refractivity contribution in [2.24, 2.45) is 0 Å². The number of rotatable bonds is 9. The Morgan fingerprint density at radius 2 is 1.86 bits per heavy atom. The number of carbonyl (C=O) groups is 1. The van der Waals surface area contributed by atoms with Gasteiger partial charge < -0.3 is 15.0 Å². The summed E-state index contributed by atoms with van der Waals surface area (Å²) in [6.45, 7) is 7.62. The van der Waals surface area contributed by atoms with Crippen molar-refractivity contribution in [3.63, 3.8) is 0 Å². The van der Waals surface area contributed by atoms with Crippen molar-refractivity contribution in [3.8, 4) is 5.75 Å². The Labute approximate surface area is 166 Å². The average molecular weight is 383 g/mol. The Morgan fingerprint density at radius 1 is 1.11 bits per heavy atom. The fourth-order valence-electron chi connectivity index (χ4n) is 3.29. The van der Waals surface area contributed by atoms with Crippen LogP contribution in [0, 0.1) is 0 Å². The van der Waals surface area contributed by atoms with Crippen LogP contribution in [0.5, 0.6) is 5.75 Å². The van der Waals surface area contributed by atoms with Gasteiger partial charge in [0.1, 0.15) is 5.75 Å². The minimum absolute atomic E-state index is 0.0623. The Kier molecular flexibility index (Phi) is 7.61. The molecular weight excluding hydrogens is 354 g/mol. The third-order valence-corrected chi connectivity index (χ3v) is 4.89. The Balaban J connectivity index is 1.28. The van der Waals surface area contributed by atoms with Gasteiger partial charge in [-0.1, -0.05) is 25.1 Å². The quantitative estimate of drug-likeness (QED) is 0.665. The van der Waals surface area contributed by atoms with Gasteiger partial charge in [0.05, 0.1) is 0 Å². The highest BCUT2D eigenvalue weighted by Gasteiger charge is 2.18. The van der Waals surface area contributed by atoms with E-state index in [9.17, 15) is 4.79 Å². The van der Waals surface area contributed by atoms with Gasteiger partial charge in [0.15, 0.2) is 6.61 Å². The number of aromatic nitrogens is 2. The fraction of sp³-hybridized carbons (Fsp3) is 0.476. The fourth-order valence-corrected chi connectivity index (χ4v) is 3.29. The summed E-state index contributed by atoms with van der Waals surface area (Å²) < 4.78 is 5.65. The van der Waals surface area contributed by atoms with E-state index in [-0.39, 0.29) is 12.5 Å². The largest absolute Gasteiger partial charge is 0.483 e. The number of nitrogens with one attached hydrogen (secondary N) is 1. The Bertz CT molecular complexity index is 733. The van der Waals surface area contributed by atoms with Gasteiger partial charge in [-0.25, -0.2) is 9.97 Å². The molecule has 0 atom stereocenters. The van der Waals surface area contributed by atoms with Crippen LogP contribution in [0.2, 0.25) is 0 Å². The first-order valence-corrected chi connectivity index (χ1v) is 9.98. The second-order valence-electron chi connectivity index (χ2n) is 6.83. The zero-order chi connectivity index (χ0) is 19.6. The van der Waals surface area contributed by atoms with Gasteiger partial charge in [-0.3, -0.25) is 9.69 Å². The molecule has 150 valence electrons. The number of anilines is 1. The number of amides is 1. The minimum atomic E-state index is -0.0723. The van der Waals surface area contributed by atoms with Crippen LogP contribution in [0.1, 0.15) is 18.9 Å². The molecule has 1 aliphatic rings. The molecule has 1 fully saturated rings. The van der Waals surface area contributed by atoms with Crippen molar-refractivity contribution in [2.45, 2.75) is 19.8 Å². The monoisotopic (exact) mass is 383 g/mol. The first-order valence-electron chi connectivity index (χ1n) is 9.98. The number of benzene rings is 1. The van der Waals surface area contributed by atoms with Crippen LogP contribution in [-0.4, -0.2) is 66.7 Å². The number of ether oxygens (including phenoxy) is 1. The highest BCUT2D eigenvalue weighted by Crippen LogP contribution is 2.17. The van der Waals surface area contributed by atoms with Crippen molar-refractivity contribution in [1.82, 2.24) is 20.2 Å². The normalized spacial score (nSPS) is 14.7. The molecule has 28 heavy (non-hydrogen) atoms. The number of nitrogens with zero attached hydrogens (tertiary/aromatic N) is 4. The van der Waals surface area contributed by atoms with Crippen molar-refractivity contribution in [2.75, 3.05) is 50.8 Å². The molecule has 1 amide bonds. The lowest BCUT2D eigenvalue weighted by atomic mass is 10.1. The van der Waals surface area contributed by atoms with Gasteiger partial charge in [-0.05, 0) is 37.1 Å². The first kappa shape index (κ1) is 20.1. The summed E-state index contributed by atoms with van der Waals surface area (Å²) in [5.74, 6) is 1.52. The molecule has 0 saturated carbocycles. The number of hydrogen-bond donors (Lipinski definition) is 1. The molecule has 0 aliphatic carbocycles. The highest BCUT2D eigenvalue weighted by molar-refractivity contribution is 5.77. The van der Waals surface area contributed by atoms with Crippen molar-refractivity contribution < 1.29 is 9.53 Å². The molecule has 1 aromatic heterocycles. The molecule has 2 heterocycles. The van der Waals surface area contributed by atoms with Gasteiger partial charge in [0.25, 0.3) is 5.91 Å². The molecule has 7 nitrogen and oxygen atoms in total. The molecule has 0 bridgehead atoms. The van der Waals surface area contributed by atoms with Gasteiger partial charge >= 0.3 is 0 Å². The maximum Gasteiger partial charge on any atom is 0.257 e. The number of hydrogen-bond acceptors (Lipinski definition) is 6. The van der Waals surface area contributed by atoms with E-state index in [4.69, 9.17) is 4.74 Å². The van der Waals surface area contributed by atoms with E-state index in [1.165, 1.54) is 0 Å². The van der Waals surface area contributed by atoms with Crippen molar-refractivity contribution in [3.05, 3.63) is 48.3 Å². The number of piperazine rings is 1. The van der Waals surface area contributed by atoms with E-state index >= 15 is 0 Å². The summed E-state index contributed by atoms with van der Waals surface area (Å²) in [7, 11) is 0. The minimum Gasteiger partial charge on any atom is -0.483 e. The predicted molar refractivity (Wildman–Crippen MR) is 110 cm³/mol. The van der Waals surface area contributed by atoms with Crippen LogP contribution in [0.25, 0.3) is 0 Å². The molecule has 0 spiro atoms. The van der Waals surface area contributed by atoms with Crippen LogP contribution in [0.15, 0.2) is 42.7 Å². The molecule has 1 aliphatic heterocycles. The average Bonchev–Trinajstić information content (AvgIpc) is 2.76. The standard InChI is InChI=1S/C21H29N5O2/c1-2-18-7-3-4-8-19(18)28-17-20(27)22-11-6-12-25-13-15-26(16-14-25)21-23-9-5-10-24-21/h3-5,7-10H,2,6,11-17H2,1H3,(H,22,27). The van der Waals surface area contributed by atoms with Crippen LogP contribution in [0.3, 0.4) is 0 Å². The molecule has 1 N–H and O–H groups in total. The molecule has 1 saturated heterocycles. The third-order valence-electron chi connectivity index (χ3n) is 4.89. The maximum absolute atomic E-state index is 12.0. The molecule has 1 aromatic carbocycles. The van der Waals surface area contributed by atoms with Crippen molar-refractivity contribution in [1.29, 1.82) is 0 Å². The zero-order valence-corrected chi connectivity index (χ0v) is 16.5. The molecule has 0 unspecified atom stereocenters. The van der Waals surface area contributed by atoms with E-state index in [1.54, 1.807) is 12.4 Å². The first-order chi connectivity index (χ1) is 13.8. The summed E-state index contributed by atoms with van der Waals surface area (Å²) in [5, 5.41) is 2.94. The molecule has 3 rings (SSSR count). The van der Waals surface area contributed by atoms with Crippen LogP contribution < -0.4 is 15.0 Å². The Morgan fingerprint density at radius 3 is 2.61 bits per heavy atom. The van der Waals surface area contributed by atoms with Crippen LogP contribution in [0.4, 0.5) is 5.95 Å². The molecule has 7 heteroatoms. The summed E-state index contributed by atoms with van der Waals surface area (Å²) in [6, 6.07) is 9.68. The van der Waals surface area contributed by atoms with E-state index in [0.717, 1.165) is 62.8 Å². The zero-order valence-electron chi connectivity index (χ0n) is 16.5. The van der Waals surface area contributed by atoms with Crippen LogP contribution in [-0.2, 0) is 11.2 Å². The van der Waals surface area contributed by atoms with Crippen LogP contribution >= 0.6 is 0 Å². The van der Waals surface area contributed by atoms with Gasteiger partial charge in [0, 0.05) is 45.1 Å². The summed E-state index contributed by atoms with van der Waals surface area (Å²) >= 11 is 0. The summed E-state index contributed by atoms with van der Waals surface area (Å²) in [5.41, 5.74) is 1.12. The second kappa shape index (κ2) is 10.6. The number of carbonyl (C=O) groups excluding carboxylic acids is 1. The summed E-state index contributed by atoms with van der Waals surface area (Å²) in [6.07, 6.45) is 5.38. The lowest BCUT2D eigenvalue weighted by Gasteiger charge is -2.34. The third kappa shape index (κ3) is 5.92. The SMILES string of the molecule is CCc1ccccc1OCC(=O)NCCCN1CCN(c2ncccn2)CC1. The van der Waals surface area contributed by atoms with Gasteiger partial charge in [0.2, 0.25) is 5.95 Å². The number of para-hydroxylation sites is 1. The molecular formula is C21H29N5O2. The summed E-state index contributed by atoms with van der Waals surface area (Å²) in [4.78, 5) is 25.2.